The third-order valence-corrected chi connectivity index (χ3v) is 6.00. The van der Waals surface area contributed by atoms with Crippen molar-refractivity contribution in [2.45, 2.75) is 0 Å². The van der Waals surface area contributed by atoms with Crippen LogP contribution in [0.1, 0.15) is 11.1 Å². The van der Waals surface area contributed by atoms with Gasteiger partial charge in [0.25, 0.3) is 0 Å². The average molecular weight is 489 g/mol. The predicted octanol–water partition coefficient (Wildman–Crippen LogP) is 6.45. The summed E-state index contributed by atoms with van der Waals surface area (Å²) in [4.78, 5) is 13.7. The van der Waals surface area contributed by atoms with Crippen LogP contribution in [-0.2, 0) is 0 Å². The van der Waals surface area contributed by atoms with Crippen molar-refractivity contribution in [2.24, 2.45) is 9.98 Å². The van der Waals surface area contributed by atoms with Crippen molar-refractivity contribution in [1.29, 1.82) is 0 Å². The zero-order chi connectivity index (χ0) is 24.6. The van der Waals surface area contributed by atoms with Gasteiger partial charge in [0.15, 0.2) is 28.6 Å². The summed E-state index contributed by atoms with van der Waals surface area (Å²) < 4.78 is 27.6. The number of oxazole rings is 1. The minimum atomic E-state index is 0.248. The van der Waals surface area contributed by atoms with Gasteiger partial charge in [-0.25, -0.2) is 4.98 Å². The molecule has 0 saturated heterocycles. The largest absolute Gasteiger partial charge is 0.454 e. The van der Waals surface area contributed by atoms with Gasteiger partial charge in [-0.05, 0) is 83.9 Å². The number of hydrogen-bond donors (Lipinski definition) is 0. The zero-order valence-corrected chi connectivity index (χ0v) is 19.5. The fourth-order valence-corrected chi connectivity index (χ4v) is 4.09. The second-order valence-electron chi connectivity index (χ2n) is 8.46. The number of rotatable bonds is 5. The Kier molecular flexibility index (Phi) is 5.06. The van der Waals surface area contributed by atoms with Crippen molar-refractivity contribution in [1.82, 2.24) is 4.98 Å². The molecule has 0 spiro atoms. The number of nitrogens with zero attached hydrogens (tertiary/aromatic N) is 3. The first-order valence-corrected chi connectivity index (χ1v) is 11.7. The normalized spacial score (nSPS) is 13.8. The molecule has 0 saturated carbocycles. The van der Waals surface area contributed by atoms with Crippen molar-refractivity contribution in [2.75, 3.05) is 13.6 Å². The zero-order valence-electron chi connectivity index (χ0n) is 19.5. The molecule has 2 aliphatic rings. The molecule has 5 aromatic rings. The topological polar surface area (TPSA) is 87.7 Å². The summed E-state index contributed by atoms with van der Waals surface area (Å²) in [5, 5.41) is 0. The van der Waals surface area contributed by atoms with Crippen LogP contribution in [0.25, 0.3) is 22.6 Å². The molecule has 0 unspecified atom stereocenters. The maximum atomic E-state index is 6.03. The molecule has 0 bridgehead atoms. The number of aliphatic imine (C=N–C) groups is 2. The van der Waals surface area contributed by atoms with Gasteiger partial charge in [0.2, 0.25) is 19.5 Å². The van der Waals surface area contributed by atoms with E-state index in [2.05, 4.69) is 15.0 Å². The quantitative estimate of drug-likeness (QED) is 0.264. The molecular formula is C29H19N3O5. The van der Waals surface area contributed by atoms with Crippen LogP contribution in [0.5, 0.6) is 23.0 Å². The number of fused-ring (bicyclic) bond motifs is 3. The first-order chi connectivity index (χ1) is 18.3. The summed E-state index contributed by atoms with van der Waals surface area (Å²) in [6, 6.07) is 24.9. The van der Waals surface area contributed by atoms with E-state index in [0.29, 0.717) is 11.5 Å². The Bertz CT molecular complexity index is 1690. The molecule has 4 aromatic carbocycles. The molecule has 180 valence electrons. The molecule has 0 aliphatic carbocycles. The SMILES string of the molecule is C(=Nc1ccc(-c2nc3ccc(N=Cc4ccc5c(c4)OCO5)cc3o2)cc1)c1ccc2c(c1)OCO2. The van der Waals surface area contributed by atoms with E-state index in [1.807, 2.05) is 78.9 Å². The minimum Gasteiger partial charge on any atom is -0.454 e. The molecule has 0 N–H and O–H groups in total. The van der Waals surface area contributed by atoms with E-state index in [1.54, 1.807) is 12.4 Å². The molecule has 2 aliphatic heterocycles. The lowest BCUT2D eigenvalue weighted by molar-refractivity contribution is 0.173. The second kappa shape index (κ2) is 8.83. The highest BCUT2D eigenvalue weighted by Crippen LogP contribution is 2.34. The molecule has 8 nitrogen and oxygen atoms in total. The summed E-state index contributed by atoms with van der Waals surface area (Å²) >= 11 is 0. The predicted molar refractivity (Wildman–Crippen MR) is 139 cm³/mol. The van der Waals surface area contributed by atoms with Gasteiger partial charge >= 0.3 is 0 Å². The van der Waals surface area contributed by atoms with E-state index in [9.17, 15) is 0 Å². The third kappa shape index (κ3) is 4.25. The average Bonchev–Trinajstić information content (AvgIpc) is 3.69. The van der Waals surface area contributed by atoms with Crippen LogP contribution < -0.4 is 18.9 Å². The van der Waals surface area contributed by atoms with Gasteiger partial charge in [-0.2, -0.15) is 0 Å². The Morgan fingerprint density at radius 3 is 1.86 bits per heavy atom. The van der Waals surface area contributed by atoms with Gasteiger partial charge in [-0.3, -0.25) is 9.98 Å². The maximum Gasteiger partial charge on any atom is 0.231 e. The molecule has 0 atom stereocenters. The highest BCUT2D eigenvalue weighted by Gasteiger charge is 2.14. The van der Waals surface area contributed by atoms with E-state index < -0.39 is 0 Å². The lowest BCUT2D eigenvalue weighted by atomic mass is 10.2. The summed E-state index contributed by atoms with van der Waals surface area (Å²) in [6.45, 7) is 0.500. The second-order valence-corrected chi connectivity index (χ2v) is 8.46. The van der Waals surface area contributed by atoms with Crippen molar-refractivity contribution in [3.05, 3.63) is 90.0 Å². The molecule has 1 aromatic heterocycles. The van der Waals surface area contributed by atoms with E-state index in [-0.39, 0.29) is 13.6 Å². The highest BCUT2D eigenvalue weighted by molar-refractivity contribution is 5.86. The van der Waals surface area contributed by atoms with E-state index >= 15 is 0 Å². The molecule has 8 heteroatoms. The van der Waals surface area contributed by atoms with Gasteiger partial charge < -0.3 is 23.4 Å². The number of hydrogen-bond acceptors (Lipinski definition) is 8. The molecule has 3 heterocycles. The first kappa shape index (κ1) is 21.2. The Hall–Kier alpha value is -5.11. The van der Waals surface area contributed by atoms with Crippen molar-refractivity contribution in [3.63, 3.8) is 0 Å². The van der Waals surface area contributed by atoms with Crippen LogP contribution in [-0.4, -0.2) is 31.0 Å². The molecular weight excluding hydrogens is 470 g/mol. The summed E-state index contributed by atoms with van der Waals surface area (Å²) in [5.74, 6) is 3.50. The van der Waals surface area contributed by atoms with Gasteiger partial charge in [0, 0.05) is 24.1 Å². The Balaban J connectivity index is 1.07. The van der Waals surface area contributed by atoms with Gasteiger partial charge in [0.05, 0.1) is 11.4 Å². The number of aromatic nitrogens is 1. The van der Waals surface area contributed by atoms with Gasteiger partial charge in [-0.15, -0.1) is 0 Å². The lowest BCUT2D eigenvalue weighted by Crippen LogP contribution is -1.92. The van der Waals surface area contributed by atoms with Crippen molar-refractivity contribution in [3.8, 4) is 34.5 Å². The summed E-state index contributed by atoms with van der Waals surface area (Å²) in [6.07, 6.45) is 3.57. The monoisotopic (exact) mass is 489 g/mol. The van der Waals surface area contributed by atoms with E-state index in [4.69, 9.17) is 23.4 Å². The molecule has 7 rings (SSSR count). The van der Waals surface area contributed by atoms with E-state index in [1.165, 1.54) is 0 Å². The standard InChI is InChI=1S/C29H19N3O5/c1-9-24-27(35-16-33-24)11-18(1)14-30-21-5-3-20(4-6-21)29-32-23-8-7-22(13-26(23)37-29)31-15-19-2-10-25-28(12-19)36-17-34-25/h1-15H,16-17H2. The highest BCUT2D eigenvalue weighted by atomic mass is 16.7. The molecule has 37 heavy (non-hydrogen) atoms. The van der Waals surface area contributed by atoms with E-state index in [0.717, 1.165) is 56.6 Å². The Morgan fingerprint density at radius 2 is 1.19 bits per heavy atom. The maximum absolute atomic E-state index is 6.03. The number of ether oxygens (including phenoxy) is 4. The van der Waals surface area contributed by atoms with Crippen LogP contribution in [0.3, 0.4) is 0 Å². The lowest BCUT2D eigenvalue weighted by Gasteiger charge is -1.99. The van der Waals surface area contributed by atoms with Crippen molar-refractivity contribution >= 4 is 34.9 Å². The summed E-state index contributed by atoms with van der Waals surface area (Å²) in [5.41, 5.74) is 5.73. The Labute approximate surface area is 211 Å². The molecule has 0 amide bonds. The minimum absolute atomic E-state index is 0.248. The van der Waals surface area contributed by atoms with Crippen LogP contribution in [0.2, 0.25) is 0 Å². The van der Waals surface area contributed by atoms with Crippen molar-refractivity contribution < 1.29 is 23.4 Å². The van der Waals surface area contributed by atoms with Crippen LogP contribution in [0.4, 0.5) is 11.4 Å². The molecule has 0 radical (unpaired) electrons. The summed E-state index contributed by atoms with van der Waals surface area (Å²) in [7, 11) is 0. The Morgan fingerprint density at radius 1 is 0.595 bits per heavy atom. The fourth-order valence-electron chi connectivity index (χ4n) is 4.09. The van der Waals surface area contributed by atoms with Crippen LogP contribution in [0, 0.1) is 0 Å². The number of benzene rings is 4. The third-order valence-electron chi connectivity index (χ3n) is 6.00. The van der Waals surface area contributed by atoms with Gasteiger partial charge in [-0.1, -0.05) is 0 Å². The van der Waals surface area contributed by atoms with Gasteiger partial charge in [0.1, 0.15) is 5.52 Å². The van der Waals surface area contributed by atoms with Crippen LogP contribution in [0.15, 0.2) is 93.3 Å². The molecule has 0 fully saturated rings. The fraction of sp³-hybridized carbons (Fsp3) is 0.0690. The smallest absolute Gasteiger partial charge is 0.231 e. The first-order valence-electron chi connectivity index (χ1n) is 11.7. The van der Waals surface area contributed by atoms with Crippen LogP contribution >= 0.6 is 0 Å².